The van der Waals surface area contributed by atoms with E-state index < -0.39 is 23.9 Å². The SMILES string of the molecule is C[C@@H]1CN(C(=O)c2ccc(NC(=O)/C(N)=C/C3=C(N)N[C@H](c4c(Cl)ccc(F)c4Cl)O3)cc2)C[C@H](C)N1C(=O)CCOCCOCCOCCC(N)=O. The number of ether oxygens (including phenoxy) is 4. The number of nitrogens with zero attached hydrogens (tertiary/aromatic N) is 2. The number of carbonyl (C=O) groups excluding carboxylic acids is 4. The summed E-state index contributed by atoms with van der Waals surface area (Å²) in [5.41, 5.74) is 17.7. The van der Waals surface area contributed by atoms with E-state index in [-0.39, 0.29) is 82.8 Å². The number of benzene rings is 2. The highest BCUT2D eigenvalue weighted by molar-refractivity contribution is 6.36. The molecule has 0 aromatic heterocycles. The van der Waals surface area contributed by atoms with Gasteiger partial charge in [0.05, 0.1) is 61.7 Å². The lowest BCUT2D eigenvalue weighted by Gasteiger charge is -2.44. The topological polar surface area (TPSA) is 214 Å². The van der Waals surface area contributed by atoms with Crippen LogP contribution in [0.4, 0.5) is 10.1 Å². The van der Waals surface area contributed by atoms with Crippen molar-refractivity contribution < 1.29 is 42.5 Å². The molecule has 2 aromatic carbocycles. The Morgan fingerprint density at radius 3 is 2.11 bits per heavy atom. The van der Waals surface area contributed by atoms with Gasteiger partial charge in [-0.3, -0.25) is 19.2 Å². The van der Waals surface area contributed by atoms with E-state index in [2.05, 4.69) is 10.6 Å². The van der Waals surface area contributed by atoms with E-state index in [9.17, 15) is 23.6 Å². The highest BCUT2D eigenvalue weighted by Crippen LogP contribution is 2.37. The Kier molecular flexibility index (Phi) is 15.1. The predicted molar refractivity (Wildman–Crippen MR) is 194 cm³/mol. The third-order valence-electron chi connectivity index (χ3n) is 8.27. The van der Waals surface area contributed by atoms with Gasteiger partial charge < -0.3 is 56.6 Å². The minimum absolute atomic E-state index is 0.0265. The molecular formula is C35H44Cl2FN7O8. The van der Waals surface area contributed by atoms with Crippen LogP contribution in [0.25, 0.3) is 0 Å². The van der Waals surface area contributed by atoms with Gasteiger partial charge in [-0.15, -0.1) is 0 Å². The van der Waals surface area contributed by atoms with Crippen LogP contribution in [0.5, 0.6) is 0 Å². The summed E-state index contributed by atoms with van der Waals surface area (Å²) in [7, 11) is 0. The molecule has 8 N–H and O–H groups in total. The number of nitrogens with one attached hydrogen (secondary N) is 2. The van der Waals surface area contributed by atoms with E-state index in [4.69, 9.17) is 59.4 Å². The normalized spacial score (nSPS) is 18.8. The van der Waals surface area contributed by atoms with Crippen LogP contribution in [0.3, 0.4) is 0 Å². The maximum absolute atomic E-state index is 14.0. The van der Waals surface area contributed by atoms with Crippen molar-refractivity contribution in [1.82, 2.24) is 15.1 Å². The van der Waals surface area contributed by atoms with Crippen LogP contribution in [-0.2, 0) is 33.3 Å². The van der Waals surface area contributed by atoms with E-state index in [1.165, 1.54) is 12.1 Å². The van der Waals surface area contributed by atoms with Gasteiger partial charge in [0.15, 0.2) is 5.76 Å². The molecular weight excluding hydrogens is 736 g/mol. The van der Waals surface area contributed by atoms with Gasteiger partial charge in [-0.1, -0.05) is 23.2 Å². The predicted octanol–water partition coefficient (Wildman–Crippen LogP) is 2.74. The summed E-state index contributed by atoms with van der Waals surface area (Å²) in [5.74, 6) is -2.00. The Balaban J connectivity index is 1.20. The first kappa shape index (κ1) is 41.2. The summed E-state index contributed by atoms with van der Waals surface area (Å²) in [6, 6.07) is 8.33. The van der Waals surface area contributed by atoms with Crippen molar-refractivity contribution in [3.05, 3.63) is 86.7 Å². The molecule has 2 aliphatic heterocycles. The Hall–Kier alpha value is -4.61. The standard InChI is InChI=1S/C35H44Cl2FN7O8/c1-20-18-44(19-21(2)45(20)29(47)10-12-51-14-16-52-15-13-50-11-9-28(40)46)35(49)22-3-5-23(6-4-22)42-33(48)26(39)17-27-32(41)43-34(53-27)30-24(36)7-8-25(38)31(30)37/h3-8,17,20-21,34,43H,9-16,18-19,39,41H2,1-2H3,(H2,40,46)(H,42,48)/b26-17-/t20-,21+,34-/m0/s1. The van der Waals surface area contributed by atoms with E-state index in [0.29, 0.717) is 50.8 Å². The summed E-state index contributed by atoms with van der Waals surface area (Å²) in [4.78, 5) is 53.4. The number of anilines is 1. The number of piperazine rings is 1. The second-order valence-electron chi connectivity index (χ2n) is 12.3. The molecule has 0 spiro atoms. The lowest BCUT2D eigenvalue weighted by Crippen LogP contribution is -2.59. The molecule has 18 heteroatoms. The largest absolute Gasteiger partial charge is 0.462 e. The zero-order valence-corrected chi connectivity index (χ0v) is 30.9. The number of carbonyl (C=O) groups is 4. The van der Waals surface area contributed by atoms with Gasteiger partial charge >= 0.3 is 0 Å². The van der Waals surface area contributed by atoms with Crippen molar-refractivity contribution in [2.24, 2.45) is 17.2 Å². The number of primary amides is 1. The fourth-order valence-corrected chi connectivity index (χ4v) is 6.30. The van der Waals surface area contributed by atoms with Crippen LogP contribution in [0.2, 0.25) is 10.0 Å². The molecule has 4 amide bonds. The Morgan fingerprint density at radius 1 is 0.925 bits per heavy atom. The fraction of sp³-hybridized carbons (Fsp3) is 0.429. The minimum atomic E-state index is -1.01. The monoisotopic (exact) mass is 779 g/mol. The van der Waals surface area contributed by atoms with E-state index >= 15 is 0 Å². The zero-order chi connectivity index (χ0) is 38.7. The average Bonchev–Trinajstić information content (AvgIpc) is 3.47. The zero-order valence-electron chi connectivity index (χ0n) is 29.4. The van der Waals surface area contributed by atoms with Crippen molar-refractivity contribution in [2.45, 2.75) is 45.0 Å². The van der Waals surface area contributed by atoms with Crippen LogP contribution < -0.4 is 27.8 Å². The molecule has 4 rings (SSSR count). The average molecular weight is 781 g/mol. The highest BCUT2D eigenvalue weighted by Gasteiger charge is 2.35. The van der Waals surface area contributed by atoms with Gasteiger partial charge in [-0.2, -0.15) is 0 Å². The quantitative estimate of drug-likeness (QED) is 0.0895. The third kappa shape index (κ3) is 11.4. The smallest absolute Gasteiger partial charge is 0.271 e. The van der Waals surface area contributed by atoms with Gasteiger partial charge in [-0.25, -0.2) is 4.39 Å². The molecule has 1 saturated heterocycles. The highest BCUT2D eigenvalue weighted by atomic mass is 35.5. The van der Waals surface area contributed by atoms with Crippen molar-refractivity contribution in [3.8, 4) is 0 Å². The van der Waals surface area contributed by atoms with Gasteiger partial charge in [0.25, 0.3) is 11.8 Å². The summed E-state index contributed by atoms with van der Waals surface area (Å²) >= 11 is 12.3. The van der Waals surface area contributed by atoms with Crippen LogP contribution in [0.15, 0.2) is 59.8 Å². The van der Waals surface area contributed by atoms with Crippen molar-refractivity contribution >= 4 is 52.5 Å². The number of rotatable bonds is 17. The molecule has 0 bridgehead atoms. The molecule has 15 nitrogen and oxygen atoms in total. The van der Waals surface area contributed by atoms with Gasteiger partial charge in [0, 0.05) is 48.9 Å². The fourth-order valence-electron chi connectivity index (χ4n) is 5.73. The van der Waals surface area contributed by atoms with Crippen molar-refractivity contribution in [1.29, 1.82) is 0 Å². The molecule has 0 saturated carbocycles. The lowest BCUT2D eigenvalue weighted by molar-refractivity contribution is -0.139. The van der Waals surface area contributed by atoms with E-state index in [1.807, 2.05) is 13.8 Å². The number of allylic oxidation sites excluding steroid dienone is 1. The summed E-state index contributed by atoms with van der Waals surface area (Å²) in [5, 5.41) is 5.36. The van der Waals surface area contributed by atoms with Crippen LogP contribution in [0.1, 0.15) is 48.8 Å². The molecule has 0 aliphatic carbocycles. The molecule has 2 aliphatic rings. The molecule has 53 heavy (non-hydrogen) atoms. The van der Waals surface area contributed by atoms with Gasteiger partial charge in [-0.05, 0) is 50.2 Å². The molecule has 288 valence electrons. The Bertz CT molecular complexity index is 1700. The molecule has 0 radical (unpaired) electrons. The molecule has 3 atom stereocenters. The number of hydrogen-bond acceptors (Lipinski definition) is 11. The number of amides is 4. The van der Waals surface area contributed by atoms with Crippen LogP contribution >= 0.6 is 23.2 Å². The van der Waals surface area contributed by atoms with Crippen LogP contribution in [0, 0.1) is 5.82 Å². The molecule has 2 heterocycles. The maximum Gasteiger partial charge on any atom is 0.271 e. The number of hydrogen-bond donors (Lipinski definition) is 5. The molecule has 2 aromatic rings. The van der Waals surface area contributed by atoms with Gasteiger partial charge in [0.1, 0.15) is 17.3 Å². The Labute approximate surface area is 316 Å². The van der Waals surface area contributed by atoms with E-state index in [1.54, 1.807) is 34.1 Å². The number of nitrogens with two attached hydrogens (primary N) is 3. The number of halogens is 3. The van der Waals surface area contributed by atoms with Crippen molar-refractivity contribution in [3.63, 3.8) is 0 Å². The third-order valence-corrected chi connectivity index (χ3v) is 8.98. The first-order valence-corrected chi connectivity index (χ1v) is 17.6. The molecule has 1 fully saturated rings. The van der Waals surface area contributed by atoms with Crippen molar-refractivity contribution in [2.75, 3.05) is 58.0 Å². The molecule has 0 unspecified atom stereocenters. The second-order valence-corrected chi connectivity index (χ2v) is 13.1. The second kappa shape index (κ2) is 19.5. The summed E-state index contributed by atoms with van der Waals surface area (Å²) < 4.78 is 35.9. The van der Waals surface area contributed by atoms with Crippen LogP contribution in [-0.4, -0.2) is 98.2 Å². The summed E-state index contributed by atoms with van der Waals surface area (Å²) in [6.07, 6.45) is 0.560. The lowest BCUT2D eigenvalue weighted by atomic mass is 10.1. The summed E-state index contributed by atoms with van der Waals surface area (Å²) in [6.45, 7) is 6.33. The minimum Gasteiger partial charge on any atom is -0.462 e. The van der Waals surface area contributed by atoms with E-state index in [0.717, 1.165) is 6.07 Å². The first-order chi connectivity index (χ1) is 25.3. The maximum atomic E-state index is 14.0. The van der Waals surface area contributed by atoms with Gasteiger partial charge in [0.2, 0.25) is 18.0 Å². The first-order valence-electron chi connectivity index (χ1n) is 16.8. The Morgan fingerprint density at radius 2 is 1.51 bits per heavy atom.